The quantitative estimate of drug-likeness (QED) is 0.771. The fourth-order valence-electron chi connectivity index (χ4n) is 1.76. The van der Waals surface area contributed by atoms with E-state index in [9.17, 15) is 4.79 Å². The lowest BCUT2D eigenvalue weighted by Crippen LogP contribution is -2.21. The molecule has 0 aliphatic heterocycles. The maximum absolute atomic E-state index is 11.3. The van der Waals surface area contributed by atoms with Crippen LogP contribution in [-0.4, -0.2) is 24.0 Å². The predicted molar refractivity (Wildman–Crippen MR) is 85.6 cm³/mol. The van der Waals surface area contributed by atoms with E-state index < -0.39 is 0 Å². The predicted octanol–water partition coefficient (Wildman–Crippen LogP) is 2.89. The number of anilines is 1. The van der Waals surface area contributed by atoms with Crippen LogP contribution >= 0.6 is 11.3 Å². The molecule has 0 unspecified atom stereocenters. The molecule has 1 aromatic carbocycles. The Morgan fingerprint density at radius 3 is 3.00 bits per heavy atom. The molecule has 1 amide bonds. The normalized spacial score (nSPS) is 10.4. The molecule has 0 aliphatic rings. The van der Waals surface area contributed by atoms with Crippen molar-refractivity contribution in [3.8, 4) is 17.0 Å². The van der Waals surface area contributed by atoms with Crippen LogP contribution in [0.4, 0.5) is 5.13 Å². The molecule has 0 bridgehead atoms. The highest BCUT2D eigenvalue weighted by Gasteiger charge is 2.11. The summed E-state index contributed by atoms with van der Waals surface area (Å²) in [4.78, 5) is 15.7. The zero-order chi connectivity index (χ0) is 15.1. The summed E-state index contributed by atoms with van der Waals surface area (Å²) in [6.45, 7) is 2.77. The number of rotatable bonds is 7. The molecule has 0 fully saturated rings. The summed E-state index contributed by atoms with van der Waals surface area (Å²) >= 11 is 1.37. The Balaban J connectivity index is 2.15. The number of nitrogens with zero attached hydrogens (tertiary/aromatic N) is 1. The van der Waals surface area contributed by atoms with Crippen LogP contribution in [-0.2, 0) is 4.79 Å². The van der Waals surface area contributed by atoms with Gasteiger partial charge in [0.25, 0.3) is 0 Å². The van der Waals surface area contributed by atoms with Crippen LogP contribution in [0.2, 0.25) is 0 Å². The number of carbonyl (C=O) groups excluding carboxylic acids is 1. The molecule has 3 N–H and O–H groups in total. The SMILES string of the molecule is CCCCOc1ccccc1-c1csc(NC(=O)CN)n1. The van der Waals surface area contributed by atoms with E-state index in [-0.39, 0.29) is 12.5 Å². The van der Waals surface area contributed by atoms with Crippen LogP contribution in [0.25, 0.3) is 11.3 Å². The third-order valence-corrected chi connectivity index (χ3v) is 3.61. The monoisotopic (exact) mass is 305 g/mol. The van der Waals surface area contributed by atoms with E-state index in [1.54, 1.807) is 0 Å². The summed E-state index contributed by atoms with van der Waals surface area (Å²) in [6.07, 6.45) is 2.11. The van der Waals surface area contributed by atoms with Gasteiger partial charge in [0, 0.05) is 10.9 Å². The van der Waals surface area contributed by atoms with Crippen LogP contribution < -0.4 is 15.8 Å². The van der Waals surface area contributed by atoms with E-state index in [2.05, 4.69) is 17.2 Å². The zero-order valence-corrected chi connectivity index (χ0v) is 12.8. The topological polar surface area (TPSA) is 77.2 Å². The van der Waals surface area contributed by atoms with Crippen molar-refractivity contribution in [3.63, 3.8) is 0 Å². The van der Waals surface area contributed by atoms with E-state index in [1.165, 1.54) is 11.3 Å². The third kappa shape index (κ3) is 4.27. The number of nitrogens with one attached hydrogen (secondary N) is 1. The second kappa shape index (κ2) is 7.75. The molecule has 2 rings (SSSR count). The number of thiazole rings is 1. The van der Waals surface area contributed by atoms with Crippen molar-refractivity contribution in [3.05, 3.63) is 29.6 Å². The van der Waals surface area contributed by atoms with Gasteiger partial charge < -0.3 is 15.8 Å². The number of hydrogen-bond acceptors (Lipinski definition) is 5. The van der Waals surface area contributed by atoms with Crippen molar-refractivity contribution in [1.82, 2.24) is 4.98 Å². The summed E-state index contributed by atoms with van der Waals surface area (Å²) < 4.78 is 5.80. The van der Waals surface area contributed by atoms with Crippen LogP contribution in [0, 0.1) is 0 Å². The number of hydrogen-bond donors (Lipinski definition) is 2. The summed E-state index contributed by atoms with van der Waals surface area (Å²) in [7, 11) is 0. The zero-order valence-electron chi connectivity index (χ0n) is 12.0. The smallest absolute Gasteiger partial charge is 0.239 e. The van der Waals surface area contributed by atoms with Crippen molar-refractivity contribution < 1.29 is 9.53 Å². The van der Waals surface area contributed by atoms with Crippen molar-refractivity contribution >= 4 is 22.4 Å². The minimum absolute atomic E-state index is 0.0500. The molecule has 112 valence electrons. The average Bonchev–Trinajstić information content (AvgIpc) is 2.96. The van der Waals surface area contributed by atoms with Gasteiger partial charge in [0.05, 0.1) is 18.8 Å². The second-order valence-electron chi connectivity index (χ2n) is 4.49. The number of para-hydroxylation sites is 1. The minimum Gasteiger partial charge on any atom is -0.493 e. The van der Waals surface area contributed by atoms with Gasteiger partial charge in [0.15, 0.2) is 5.13 Å². The molecule has 6 heteroatoms. The first kappa shape index (κ1) is 15.5. The lowest BCUT2D eigenvalue weighted by atomic mass is 10.1. The molecular weight excluding hydrogens is 286 g/mol. The minimum atomic E-state index is -0.247. The molecule has 0 saturated heterocycles. The summed E-state index contributed by atoms with van der Waals surface area (Å²) in [5.74, 6) is 0.566. The molecule has 5 nitrogen and oxygen atoms in total. The highest BCUT2D eigenvalue weighted by atomic mass is 32.1. The fourth-order valence-corrected chi connectivity index (χ4v) is 2.48. The summed E-state index contributed by atoms with van der Waals surface area (Å²) in [6, 6.07) is 7.78. The molecule has 21 heavy (non-hydrogen) atoms. The molecule has 0 radical (unpaired) electrons. The third-order valence-electron chi connectivity index (χ3n) is 2.85. The molecular formula is C15H19N3O2S. The lowest BCUT2D eigenvalue weighted by molar-refractivity contribution is -0.114. The first-order valence-corrected chi connectivity index (χ1v) is 7.80. The number of nitrogens with two attached hydrogens (primary N) is 1. The van der Waals surface area contributed by atoms with E-state index in [1.807, 2.05) is 29.6 Å². The van der Waals surface area contributed by atoms with Gasteiger partial charge in [-0.05, 0) is 18.6 Å². The highest BCUT2D eigenvalue weighted by Crippen LogP contribution is 2.32. The van der Waals surface area contributed by atoms with Gasteiger partial charge in [-0.3, -0.25) is 4.79 Å². The van der Waals surface area contributed by atoms with E-state index in [0.29, 0.717) is 11.7 Å². The number of aromatic nitrogens is 1. The van der Waals surface area contributed by atoms with Crippen LogP contribution in [0.3, 0.4) is 0 Å². The van der Waals surface area contributed by atoms with Crippen LogP contribution in [0.1, 0.15) is 19.8 Å². The highest BCUT2D eigenvalue weighted by molar-refractivity contribution is 7.14. The van der Waals surface area contributed by atoms with Crippen molar-refractivity contribution in [2.75, 3.05) is 18.5 Å². The van der Waals surface area contributed by atoms with E-state index >= 15 is 0 Å². The Hall–Kier alpha value is -1.92. The van der Waals surface area contributed by atoms with E-state index in [0.717, 1.165) is 29.8 Å². The lowest BCUT2D eigenvalue weighted by Gasteiger charge is -2.09. The van der Waals surface area contributed by atoms with Crippen molar-refractivity contribution in [2.45, 2.75) is 19.8 Å². The van der Waals surface area contributed by atoms with Crippen LogP contribution in [0.15, 0.2) is 29.6 Å². The molecule has 0 spiro atoms. The largest absolute Gasteiger partial charge is 0.493 e. The van der Waals surface area contributed by atoms with Gasteiger partial charge in [-0.25, -0.2) is 4.98 Å². The number of carbonyl (C=O) groups is 1. The molecule has 2 aromatic rings. The fraction of sp³-hybridized carbons (Fsp3) is 0.333. The van der Waals surface area contributed by atoms with Gasteiger partial charge in [-0.15, -0.1) is 11.3 Å². The van der Waals surface area contributed by atoms with Gasteiger partial charge in [0.2, 0.25) is 5.91 Å². The molecule has 0 saturated carbocycles. The number of benzene rings is 1. The van der Waals surface area contributed by atoms with Gasteiger partial charge in [0.1, 0.15) is 5.75 Å². The number of unbranched alkanes of at least 4 members (excludes halogenated alkanes) is 1. The van der Waals surface area contributed by atoms with Crippen molar-refractivity contribution in [2.24, 2.45) is 5.73 Å². The van der Waals surface area contributed by atoms with Gasteiger partial charge in [-0.2, -0.15) is 0 Å². The molecule has 1 aromatic heterocycles. The molecule has 0 aliphatic carbocycles. The Morgan fingerprint density at radius 2 is 2.24 bits per heavy atom. The molecule has 1 heterocycles. The van der Waals surface area contributed by atoms with Gasteiger partial charge >= 0.3 is 0 Å². The van der Waals surface area contributed by atoms with Gasteiger partial charge in [-0.1, -0.05) is 25.5 Å². The first-order valence-electron chi connectivity index (χ1n) is 6.92. The maximum atomic E-state index is 11.3. The Morgan fingerprint density at radius 1 is 1.43 bits per heavy atom. The van der Waals surface area contributed by atoms with Crippen LogP contribution in [0.5, 0.6) is 5.75 Å². The second-order valence-corrected chi connectivity index (χ2v) is 5.35. The summed E-state index contributed by atoms with van der Waals surface area (Å²) in [5, 5.41) is 5.10. The maximum Gasteiger partial charge on any atom is 0.239 e. The summed E-state index contributed by atoms with van der Waals surface area (Å²) in [5.41, 5.74) is 6.99. The average molecular weight is 305 g/mol. The Bertz CT molecular complexity index is 598. The number of amides is 1. The first-order chi connectivity index (χ1) is 10.2. The van der Waals surface area contributed by atoms with E-state index in [4.69, 9.17) is 10.5 Å². The Kier molecular flexibility index (Phi) is 5.71. The van der Waals surface area contributed by atoms with Crippen molar-refractivity contribution in [1.29, 1.82) is 0 Å². The number of ether oxygens (including phenoxy) is 1. The standard InChI is InChI=1S/C15H19N3O2S/c1-2-3-8-20-13-7-5-4-6-11(13)12-10-21-15(17-12)18-14(19)9-16/h4-7,10H,2-3,8-9,16H2,1H3,(H,17,18,19). The Labute approximate surface area is 128 Å². The molecule has 0 atom stereocenters.